The van der Waals surface area contributed by atoms with Crippen LogP contribution >= 0.6 is 11.3 Å². The number of aryl methyl sites for hydroxylation is 1. The lowest BCUT2D eigenvalue weighted by Crippen LogP contribution is -2.56. The highest BCUT2D eigenvalue weighted by Crippen LogP contribution is 2.33. The molecule has 0 saturated carbocycles. The van der Waals surface area contributed by atoms with Gasteiger partial charge in [-0.2, -0.15) is 0 Å². The summed E-state index contributed by atoms with van der Waals surface area (Å²) in [5, 5.41) is 27.3. The average Bonchev–Trinajstić information content (AvgIpc) is 3.30. The highest BCUT2D eigenvalue weighted by atomic mass is 32.1. The van der Waals surface area contributed by atoms with Crippen molar-refractivity contribution in [2.24, 2.45) is 0 Å². The molecular formula is C20H37N5O2S. The maximum absolute atomic E-state index is 13.7. The molecule has 160 valence electrons. The standard InChI is InChI=1S/C20H37N5O2S/c1-4-7-8-9-12-19-22-23-20(28-19)25(26)17-24(6-3)16-18(25)21-13-10-11-15-27-14-5-2/h4,7,18,21H,5-6,8-17H2,1-3H3. The molecule has 28 heavy (non-hydrogen) atoms. The molecule has 1 aromatic heterocycles. The Hall–Kier alpha value is -0.900. The Balaban J connectivity index is 1.88. The molecule has 1 N–H and O–H groups in total. The van der Waals surface area contributed by atoms with Crippen LogP contribution in [0.15, 0.2) is 12.2 Å². The van der Waals surface area contributed by atoms with Gasteiger partial charge in [0.05, 0.1) is 6.54 Å². The quantitative estimate of drug-likeness (QED) is 0.218. The van der Waals surface area contributed by atoms with Crippen molar-refractivity contribution in [3.63, 3.8) is 0 Å². The molecule has 2 heterocycles. The van der Waals surface area contributed by atoms with Crippen molar-refractivity contribution < 1.29 is 4.74 Å². The highest BCUT2D eigenvalue weighted by Gasteiger charge is 2.43. The van der Waals surface area contributed by atoms with Crippen LogP contribution in [-0.4, -0.2) is 60.8 Å². The number of ether oxygens (including phenoxy) is 1. The fourth-order valence-electron chi connectivity index (χ4n) is 3.35. The normalized spacial score (nSPS) is 23.2. The molecule has 2 atom stereocenters. The second kappa shape index (κ2) is 12.6. The zero-order valence-electron chi connectivity index (χ0n) is 17.7. The van der Waals surface area contributed by atoms with Gasteiger partial charge < -0.3 is 9.94 Å². The minimum absolute atomic E-state index is 0.180. The average molecular weight is 412 g/mol. The third-order valence-corrected chi connectivity index (χ3v) is 6.11. The zero-order chi connectivity index (χ0) is 20.2. The number of hydroxylamine groups is 2. The van der Waals surface area contributed by atoms with Gasteiger partial charge in [-0.3, -0.25) is 9.96 Å². The number of hydrogen-bond acceptors (Lipinski definition) is 7. The van der Waals surface area contributed by atoms with E-state index >= 15 is 0 Å². The summed E-state index contributed by atoms with van der Waals surface area (Å²) in [5.74, 6) is 0. The fraction of sp³-hybridized carbons (Fsp3) is 0.800. The first-order chi connectivity index (χ1) is 13.6. The van der Waals surface area contributed by atoms with Crippen LogP contribution in [0.4, 0.5) is 5.13 Å². The second-order valence-electron chi connectivity index (χ2n) is 7.34. The topological polar surface area (TPSA) is 73.3 Å². The van der Waals surface area contributed by atoms with Crippen molar-refractivity contribution in [1.29, 1.82) is 0 Å². The predicted octanol–water partition coefficient (Wildman–Crippen LogP) is 3.66. The summed E-state index contributed by atoms with van der Waals surface area (Å²) in [7, 11) is 0. The number of nitrogens with zero attached hydrogens (tertiary/aromatic N) is 4. The molecule has 1 fully saturated rings. The molecule has 7 nitrogen and oxygen atoms in total. The molecule has 8 heteroatoms. The number of unbranched alkanes of at least 4 members (excludes halogenated alkanes) is 2. The molecule has 0 bridgehead atoms. The Morgan fingerprint density at radius 2 is 2.14 bits per heavy atom. The van der Waals surface area contributed by atoms with Crippen molar-refractivity contribution >= 4 is 16.5 Å². The van der Waals surface area contributed by atoms with E-state index in [1.807, 2.05) is 6.92 Å². The predicted molar refractivity (Wildman–Crippen MR) is 117 cm³/mol. The first-order valence-electron chi connectivity index (χ1n) is 10.7. The monoisotopic (exact) mass is 411 g/mol. The van der Waals surface area contributed by atoms with E-state index in [0.717, 1.165) is 76.4 Å². The van der Waals surface area contributed by atoms with Gasteiger partial charge in [0.25, 0.3) is 0 Å². The Kier molecular flexibility index (Phi) is 10.5. The largest absolute Gasteiger partial charge is 0.623 e. The second-order valence-corrected chi connectivity index (χ2v) is 8.38. The van der Waals surface area contributed by atoms with Crippen LogP contribution < -0.4 is 9.96 Å². The molecule has 1 aliphatic rings. The molecule has 0 spiro atoms. The van der Waals surface area contributed by atoms with E-state index in [4.69, 9.17) is 4.74 Å². The first-order valence-corrected chi connectivity index (χ1v) is 11.5. The fourth-order valence-corrected chi connectivity index (χ4v) is 4.31. The van der Waals surface area contributed by atoms with E-state index in [1.54, 1.807) is 0 Å². The van der Waals surface area contributed by atoms with Crippen molar-refractivity contribution in [2.75, 3.05) is 39.5 Å². The Labute approximate surface area is 173 Å². The minimum atomic E-state index is -0.424. The molecule has 1 aromatic rings. The Morgan fingerprint density at radius 1 is 1.29 bits per heavy atom. The lowest BCUT2D eigenvalue weighted by molar-refractivity contribution is 0.130. The third-order valence-electron chi connectivity index (χ3n) is 5.01. The van der Waals surface area contributed by atoms with E-state index in [-0.39, 0.29) is 6.17 Å². The molecular weight excluding hydrogens is 374 g/mol. The van der Waals surface area contributed by atoms with E-state index in [2.05, 4.69) is 46.4 Å². The summed E-state index contributed by atoms with van der Waals surface area (Å²) in [4.78, 5) is 2.20. The van der Waals surface area contributed by atoms with Crippen molar-refractivity contribution in [1.82, 2.24) is 25.1 Å². The number of hydrogen-bond donors (Lipinski definition) is 1. The zero-order valence-corrected chi connectivity index (χ0v) is 18.5. The molecule has 0 radical (unpaired) electrons. The Morgan fingerprint density at radius 3 is 2.89 bits per heavy atom. The van der Waals surface area contributed by atoms with Gasteiger partial charge in [0, 0.05) is 32.7 Å². The number of quaternary nitrogens is 1. The van der Waals surface area contributed by atoms with Gasteiger partial charge in [-0.05, 0) is 50.4 Å². The van der Waals surface area contributed by atoms with Crippen LogP contribution in [0.25, 0.3) is 0 Å². The van der Waals surface area contributed by atoms with Gasteiger partial charge in [0.15, 0.2) is 6.17 Å². The molecule has 1 saturated heterocycles. The number of nitrogens with one attached hydrogen (secondary N) is 1. The van der Waals surface area contributed by atoms with Crippen molar-refractivity contribution in [3.05, 3.63) is 22.4 Å². The number of likely N-dealkylation sites (N-methyl/N-ethyl adjacent to an activating group) is 1. The molecule has 2 unspecified atom stereocenters. The molecule has 1 aliphatic heterocycles. The van der Waals surface area contributed by atoms with E-state index < -0.39 is 4.65 Å². The summed E-state index contributed by atoms with van der Waals surface area (Å²) in [5.41, 5.74) is 0. The maximum Gasteiger partial charge on any atom is 0.309 e. The highest BCUT2D eigenvalue weighted by molar-refractivity contribution is 7.15. The molecule has 0 aliphatic carbocycles. The number of rotatable bonds is 14. The third kappa shape index (κ3) is 6.86. The SMILES string of the molecule is CC=CCCCc1nnc([N+]2([O-])CN(CC)CC2NCCCCOCCC)s1. The molecule has 0 amide bonds. The maximum atomic E-state index is 13.7. The Bertz CT molecular complexity index is 583. The van der Waals surface area contributed by atoms with Crippen LogP contribution in [0.5, 0.6) is 0 Å². The van der Waals surface area contributed by atoms with Gasteiger partial charge in [-0.1, -0.05) is 31.1 Å². The van der Waals surface area contributed by atoms with Crippen molar-refractivity contribution in [3.8, 4) is 0 Å². The summed E-state index contributed by atoms with van der Waals surface area (Å²) in [6.45, 7) is 10.8. The lowest BCUT2D eigenvalue weighted by atomic mass is 10.2. The molecule has 0 aromatic carbocycles. The van der Waals surface area contributed by atoms with Gasteiger partial charge in [0.1, 0.15) is 11.7 Å². The van der Waals surface area contributed by atoms with Crippen LogP contribution in [0, 0.1) is 5.21 Å². The summed E-state index contributed by atoms with van der Waals surface area (Å²) < 4.78 is 5.10. The smallest absolute Gasteiger partial charge is 0.309 e. The van der Waals surface area contributed by atoms with Gasteiger partial charge in [-0.15, -0.1) is 5.10 Å². The minimum Gasteiger partial charge on any atom is -0.623 e. The van der Waals surface area contributed by atoms with Gasteiger partial charge in [-0.25, -0.2) is 4.90 Å². The summed E-state index contributed by atoms with van der Waals surface area (Å²) >= 11 is 1.48. The van der Waals surface area contributed by atoms with Crippen LogP contribution in [0.1, 0.15) is 57.9 Å². The van der Waals surface area contributed by atoms with Gasteiger partial charge >= 0.3 is 5.13 Å². The lowest BCUT2D eigenvalue weighted by Gasteiger charge is -2.39. The molecule has 2 rings (SSSR count). The van der Waals surface area contributed by atoms with Gasteiger partial charge in [0.2, 0.25) is 0 Å². The van der Waals surface area contributed by atoms with E-state index in [1.165, 1.54) is 11.3 Å². The van der Waals surface area contributed by atoms with Crippen LogP contribution in [0.2, 0.25) is 0 Å². The summed E-state index contributed by atoms with van der Waals surface area (Å²) in [6, 6.07) is 0. The van der Waals surface area contributed by atoms with Crippen LogP contribution in [0.3, 0.4) is 0 Å². The first kappa shape index (κ1) is 23.4. The number of allylic oxidation sites excluding steroid dienone is 2. The van der Waals surface area contributed by atoms with E-state index in [0.29, 0.717) is 11.8 Å². The van der Waals surface area contributed by atoms with E-state index in [9.17, 15) is 5.21 Å². The van der Waals surface area contributed by atoms with Crippen molar-refractivity contribution in [2.45, 2.75) is 65.5 Å². The summed E-state index contributed by atoms with van der Waals surface area (Å²) in [6.07, 6.45) is 10.1. The van der Waals surface area contributed by atoms with Crippen LogP contribution in [-0.2, 0) is 11.2 Å². The number of aromatic nitrogens is 2.